The average Bonchev–Trinajstić information content (AvgIpc) is 2.91. The van der Waals surface area contributed by atoms with Crippen LogP contribution in [0.1, 0.15) is 63.5 Å². The lowest BCUT2D eigenvalue weighted by molar-refractivity contribution is 0.470. The lowest BCUT2D eigenvalue weighted by Crippen LogP contribution is -1.97. The van der Waals surface area contributed by atoms with Crippen LogP contribution in [0.3, 0.4) is 0 Å². The Hall–Kier alpha value is -2.62. The fraction of sp³-hybridized carbons (Fsp3) is 0.364. The maximum Gasteiger partial charge on any atom is 0.220 e. The van der Waals surface area contributed by atoms with E-state index in [1.807, 2.05) is 6.07 Å². The molecule has 140 valence electrons. The van der Waals surface area contributed by atoms with Crippen molar-refractivity contribution >= 4 is 0 Å². The second kappa shape index (κ2) is 10.4. The lowest BCUT2D eigenvalue weighted by Gasteiger charge is -2.04. The Bertz CT molecular complexity index is 830. The van der Waals surface area contributed by atoms with Crippen LogP contribution in [0.5, 0.6) is 11.5 Å². The predicted molar refractivity (Wildman–Crippen MR) is 106 cm³/mol. The third-order valence-electron chi connectivity index (χ3n) is 4.57. The van der Waals surface area contributed by atoms with Gasteiger partial charge in [0.2, 0.25) is 10.9 Å². The number of hydrogen-bond donors (Lipinski definition) is 2. The Morgan fingerprint density at radius 3 is 1.88 bits per heavy atom. The molecule has 0 radical (unpaired) electrons. The van der Waals surface area contributed by atoms with Crippen molar-refractivity contribution < 1.29 is 10.2 Å². The Morgan fingerprint density at radius 1 is 0.731 bits per heavy atom. The molecule has 2 N–H and O–H groups in total. The molecule has 0 bridgehead atoms. The van der Waals surface area contributed by atoms with E-state index in [4.69, 9.17) is 10.2 Å². The van der Waals surface area contributed by atoms with Gasteiger partial charge in [-0.2, -0.15) is 0 Å². The second-order valence-electron chi connectivity index (χ2n) is 6.45. The first kappa shape index (κ1) is 21.4. The van der Waals surface area contributed by atoms with E-state index in [0.29, 0.717) is 11.8 Å². The van der Waals surface area contributed by atoms with Crippen LogP contribution in [0.25, 0.3) is 0 Å². The number of rotatable bonds is 4. The first-order valence-electron chi connectivity index (χ1n) is 8.96. The second-order valence-corrected chi connectivity index (χ2v) is 6.45. The molecule has 0 amide bonds. The highest BCUT2D eigenvalue weighted by atomic mass is 16.3. The Kier molecular flexibility index (Phi) is 8.56. The molecule has 0 saturated carbocycles. The normalized spacial score (nSPS) is 12.5. The van der Waals surface area contributed by atoms with Crippen molar-refractivity contribution in [3.8, 4) is 11.5 Å². The van der Waals surface area contributed by atoms with Gasteiger partial charge in [-0.25, -0.2) is 0 Å². The summed E-state index contributed by atoms with van der Waals surface area (Å²) < 4.78 is 0. The summed E-state index contributed by atoms with van der Waals surface area (Å²) in [7, 11) is 0. The highest BCUT2D eigenvalue weighted by Crippen LogP contribution is 2.17. The minimum Gasteiger partial charge on any atom is -0.504 e. The van der Waals surface area contributed by atoms with E-state index >= 15 is 0 Å². The van der Waals surface area contributed by atoms with Crippen LogP contribution in [0.4, 0.5) is 0 Å². The third kappa shape index (κ3) is 6.36. The van der Waals surface area contributed by atoms with Crippen molar-refractivity contribution in [2.45, 2.75) is 52.4 Å². The molecule has 2 atom stereocenters. The van der Waals surface area contributed by atoms with E-state index in [2.05, 4.69) is 27.7 Å². The molecule has 0 saturated heterocycles. The van der Waals surface area contributed by atoms with E-state index in [0.717, 1.165) is 24.0 Å². The van der Waals surface area contributed by atoms with Gasteiger partial charge >= 0.3 is 0 Å². The largest absolute Gasteiger partial charge is 0.504 e. The van der Waals surface area contributed by atoms with Crippen molar-refractivity contribution in [3.63, 3.8) is 0 Å². The number of hydrogen-bond acceptors (Lipinski definition) is 4. The van der Waals surface area contributed by atoms with Gasteiger partial charge in [0.1, 0.15) is 0 Å². The van der Waals surface area contributed by atoms with Gasteiger partial charge in [-0.3, -0.25) is 9.59 Å². The van der Waals surface area contributed by atoms with Crippen LogP contribution in [0.15, 0.2) is 58.1 Å². The lowest BCUT2D eigenvalue weighted by atomic mass is 10.0. The molecule has 0 fully saturated rings. The number of aromatic hydroxyl groups is 2. The smallest absolute Gasteiger partial charge is 0.220 e. The van der Waals surface area contributed by atoms with Gasteiger partial charge in [-0.15, -0.1) is 0 Å². The fourth-order valence-electron chi connectivity index (χ4n) is 2.28. The zero-order valence-electron chi connectivity index (χ0n) is 15.9. The van der Waals surface area contributed by atoms with Gasteiger partial charge < -0.3 is 10.2 Å². The Balaban J connectivity index is 0.000000260. The fourth-order valence-corrected chi connectivity index (χ4v) is 2.28. The van der Waals surface area contributed by atoms with Crippen LogP contribution in [-0.4, -0.2) is 10.2 Å². The van der Waals surface area contributed by atoms with Gasteiger partial charge in [-0.1, -0.05) is 52.0 Å². The Morgan fingerprint density at radius 2 is 1.27 bits per heavy atom. The summed E-state index contributed by atoms with van der Waals surface area (Å²) in [6.45, 7) is 8.32. The molecular weight excluding hydrogens is 328 g/mol. The van der Waals surface area contributed by atoms with Crippen molar-refractivity contribution in [1.82, 2.24) is 0 Å². The van der Waals surface area contributed by atoms with Gasteiger partial charge in [0.05, 0.1) is 0 Å². The summed E-state index contributed by atoms with van der Waals surface area (Å²) in [5, 5.41) is 18.3. The third-order valence-corrected chi connectivity index (χ3v) is 4.57. The molecule has 2 aromatic rings. The molecule has 2 rings (SSSR count). The summed E-state index contributed by atoms with van der Waals surface area (Å²) in [4.78, 5) is 22.2. The van der Waals surface area contributed by atoms with E-state index in [1.54, 1.807) is 18.2 Å². The SMILES string of the molecule is CCC(C)c1ccc(O)c(=O)cc1.CCC(C)c1cccc(O)c(=O)c1. The maximum atomic E-state index is 11.2. The van der Waals surface area contributed by atoms with Crippen LogP contribution in [-0.2, 0) is 0 Å². The summed E-state index contributed by atoms with van der Waals surface area (Å²) in [5.74, 6) is 0.412. The minimum atomic E-state index is -0.324. The molecule has 0 heterocycles. The van der Waals surface area contributed by atoms with E-state index < -0.39 is 0 Å². The molecule has 0 spiro atoms. The maximum absolute atomic E-state index is 11.2. The first-order chi connectivity index (χ1) is 12.3. The predicted octanol–water partition coefficient (Wildman–Crippen LogP) is 4.53. The van der Waals surface area contributed by atoms with Gasteiger partial charge in [-0.05, 0) is 60.1 Å². The van der Waals surface area contributed by atoms with E-state index in [1.165, 1.54) is 24.3 Å². The van der Waals surface area contributed by atoms with Gasteiger partial charge in [0, 0.05) is 0 Å². The summed E-state index contributed by atoms with van der Waals surface area (Å²) in [6, 6.07) is 13.0. The zero-order chi connectivity index (χ0) is 19.7. The van der Waals surface area contributed by atoms with Crippen LogP contribution >= 0.6 is 0 Å². The van der Waals surface area contributed by atoms with E-state index in [9.17, 15) is 9.59 Å². The van der Waals surface area contributed by atoms with Crippen LogP contribution < -0.4 is 10.9 Å². The Labute approximate surface area is 154 Å². The minimum absolute atomic E-state index is 0.186. The topological polar surface area (TPSA) is 74.6 Å². The van der Waals surface area contributed by atoms with Crippen LogP contribution in [0, 0.1) is 0 Å². The summed E-state index contributed by atoms with van der Waals surface area (Å²) in [5.41, 5.74) is 1.43. The van der Waals surface area contributed by atoms with Crippen molar-refractivity contribution in [2.24, 2.45) is 0 Å². The highest BCUT2D eigenvalue weighted by Gasteiger charge is 2.03. The van der Waals surface area contributed by atoms with Crippen molar-refractivity contribution in [2.75, 3.05) is 0 Å². The van der Waals surface area contributed by atoms with E-state index in [-0.39, 0.29) is 22.4 Å². The molecule has 2 aromatic carbocycles. The standard InChI is InChI=1S/2C11H14O2/c1-3-8(2)9-4-6-10(12)11(13)7-5-9;1-3-8(2)9-5-4-6-10(12)11(13)7-9/h2*4-8H,3H2,1-2H3,(H,12,13). The molecule has 2 unspecified atom stereocenters. The molecular formula is C22H28O4. The molecule has 4 heteroatoms. The van der Waals surface area contributed by atoms with Gasteiger partial charge in [0.15, 0.2) is 11.5 Å². The quantitative estimate of drug-likeness (QED) is 0.844. The zero-order valence-corrected chi connectivity index (χ0v) is 15.9. The van der Waals surface area contributed by atoms with Crippen LogP contribution in [0.2, 0.25) is 0 Å². The molecule has 4 nitrogen and oxygen atoms in total. The van der Waals surface area contributed by atoms with Crippen molar-refractivity contribution in [1.29, 1.82) is 0 Å². The molecule has 0 aliphatic carbocycles. The van der Waals surface area contributed by atoms with Crippen molar-refractivity contribution in [3.05, 3.63) is 80.1 Å². The van der Waals surface area contributed by atoms with Gasteiger partial charge in [0.25, 0.3) is 0 Å². The highest BCUT2D eigenvalue weighted by molar-refractivity contribution is 5.26. The first-order valence-corrected chi connectivity index (χ1v) is 8.96. The average molecular weight is 356 g/mol. The summed E-state index contributed by atoms with van der Waals surface area (Å²) >= 11 is 0. The molecule has 26 heavy (non-hydrogen) atoms. The molecule has 0 aliphatic rings. The molecule has 0 aliphatic heterocycles. The summed E-state index contributed by atoms with van der Waals surface area (Å²) in [6.07, 6.45) is 2.02. The molecule has 0 aromatic heterocycles. The monoisotopic (exact) mass is 356 g/mol.